The Morgan fingerprint density at radius 3 is 2.74 bits per heavy atom. The fraction of sp³-hybridized carbons (Fsp3) is 0.235. The molecule has 0 saturated carbocycles. The molecule has 1 aromatic heterocycles. The van der Waals surface area contributed by atoms with Gasteiger partial charge < -0.3 is 10.0 Å². The average Bonchev–Trinajstić information content (AvgIpc) is 3.23. The Balaban J connectivity index is 1.69. The fourth-order valence-electron chi connectivity index (χ4n) is 2.38. The molecule has 6 heteroatoms. The summed E-state index contributed by atoms with van der Waals surface area (Å²) in [6, 6.07) is 9.55. The number of amides is 1. The minimum atomic E-state index is -0.848. The van der Waals surface area contributed by atoms with E-state index in [9.17, 15) is 9.59 Å². The second-order valence-electron chi connectivity index (χ2n) is 5.22. The third-order valence-electron chi connectivity index (χ3n) is 3.63. The molecule has 1 aromatic carbocycles. The number of carbonyl (C=O) groups excluding carboxylic acids is 1. The van der Waals surface area contributed by atoms with Crippen LogP contribution in [0.1, 0.15) is 26.7 Å². The summed E-state index contributed by atoms with van der Waals surface area (Å²) in [5, 5.41) is 9.57. The third kappa shape index (κ3) is 3.58. The summed E-state index contributed by atoms with van der Waals surface area (Å²) in [4.78, 5) is 29.5. The lowest BCUT2D eigenvalue weighted by atomic mass is 10.1. The van der Waals surface area contributed by atoms with E-state index >= 15 is 0 Å². The lowest BCUT2D eigenvalue weighted by Crippen LogP contribution is -2.29. The summed E-state index contributed by atoms with van der Waals surface area (Å²) in [5.41, 5.74) is 0.888. The van der Waals surface area contributed by atoms with E-state index in [4.69, 9.17) is 5.11 Å². The Morgan fingerprint density at radius 2 is 2.04 bits per heavy atom. The monoisotopic (exact) mass is 326 g/mol. The zero-order valence-electron chi connectivity index (χ0n) is 12.2. The molecule has 1 amide bonds. The lowest BCUT2D eigenvalue weighted by Gasteiger charge is -2.13. The van der Waals surface area contributed by atoms with E-state index in [1.165, 1.54) is 17.5 Å². The van der Waals surface area contributed by atoms with Crippen LogP contribution in [0.4, 0.5) is 0 Å². The van der Waals surface area contributed by atoms with Gasteiger partial charge in [0, 0.05) is 18.7 Å². The van der Waals surface area contributed by atoms with Gasteiger partial charge in [0.2, 0.25) is 0 Å². The van der Waals surface area contributed by atoms with Crippen LogP contribution >= 0.6 is 11.3 Å². The molecule has 1 N–H and O–H groups in total. The highest BCUT2D eigenvalue weighted by Crippen LogP contribution is 2.21. The number of benzene rings is 1. The molecule has 0 aliphatic carbocycles. The summed E-state index contributed by atoms with van der Waals surface area (Å²) in [7, 11) is 0. The van der Waals surface area contributed by atoms with E-state index in [1.807, 2.05) is 30.3 Å². The normalized spacial score (nSPS) is 16.7. The summed E-state index contributed by atoms with van der Waals surface area (Å²) in [6.07, 6.45) is 2.01. The first-order chi connectivity index (χ1) is 11.1. The van der Waals surface area contributed by atoms with Crippen molar-refractivity contribution in [3.05, 3.63) is 52.0 Å². The molecule has 1 atom stereocenters. The van der Waals surface area contributed by atoms with Crippen molar-refractivity contribution in [2.75, 3.05) is 13.1 Å². The Bertz CT molecular complexity index is 789. The van der Waals surface area contributed by atoms with Gasteiger partial charge in [0.1, 0.15) is 4.88 Å². The summed E-state index contributed by atoms with van der Waals surface area (Å²) < 4.78 is 0. The van der Waals surface area contributed by atoms with Gasteiger partial charge in [0.15, 0.2) is 5.01 Å². The van der Waals surface area contributed by atoms with Crippen LogP contribution in [0, 0.1) is 17.8 Å². The van der Waals surface area contributed by atoms with Crippen molar-refractivity contribution >= 4 is 23.2 Å². The zero-order chi connectivity index (χ0) is 16.2. The zero-order valence-corrected chi connectivity index (χ0v) is 13.0. The van der Waals surface area contributed by atoms with Crippen molar-refractivity contribution in [2.45, 2.75) is 6.42 Å². The predicted octanol–water partition coefficient (Wildman–Crippen LogP) is 2.09. The lowest BCUT2D eigenvalue weighted by molar-refractivity contribution is -0.141. The number of hydrogen-bond acceptors (Lipinski definition) is 4. The Morgan fingerprint density at radius 1 is 1.26 bits per heavy atom. The molecule has 1 aliphatic rings. The maximum absolute atomic E-state index is 12.4. The number of carboxylic acid groups (broad SMARTS) is 1. The SMILES string of the molecule is O=C(O)C1CCN(C(=O)c2cnc(C#Cc3ccccc3)s2)C1. The van der Waals surface area contributed by atoms with Gasteiger partial charge in [0.05, 0.1) is 12.1 Å². The number of carboxylic acids is 1. The van der Waals surface area contributed by atoms with Crippen molar-refractivity contribution in [1.82, 2.24) is 9.88 Å². The molecule has 2 heterocycles. The van der Waals surface area contributed by atoms with Crippen molar-refractivity contribution < 1.29 is 14.7 Å². The predicted molar refractivity (Wildman–Crippen MR) is 86.2 cm³/mol. The molecule has 3 rings (SSSR count). The molecule has 0 spiro atoms. The Hall–Kier alpha value is -2.65. The molecule has 23 heavy (non-hydrogen) atoms. The Kier molecular flexibility index (Phi) is 4.40. The van der Waals surface area contributed by atoms with Gasteiger partial charge in [-0.15, -0.1) is 11.3 Å². The molecule has 116 valence electrons. The maximum Gasteiger partial charge on any atom is 0.308 e. The largest absolute Gasteiger partial charge is 0.481 e. The maximum atomic E-state index is 12.4. The van der Waals surface area contributed by atoms with Crippen LogP contribution in [0.2, 0.25) is 0 Å². The van der Waals surface area contributed by atoms with E-state index in [1.54, 1.807) is 4.90 Å². The van der Waals surface area contributed by atoms with Crippen molar-refractivity contribution in [3.63, 3.8) is 0 Å². The summed E-state index contributed by atoms with van der Waals surface area (Å²) >= 11 is 1.23. The van der Waals surface area contributed by atoms with Crippen LogP contribution in [-0.2, 0) is 4.79 Å². The van der Waals surface area contributed by atoms with Crippen LogP contribution in [0.15, 0.2) is 36.5 Å². The second-order valence-corrected chi connectivity index (χ2v) is 6.25. The van der Waals surface area contributed by atoms with Crippen LogP contribution in [0.5, 0.6) is 0 Å². The van der Waals surface area contributed by atoms with Crippen molar-refractivity contribution in [1.29, 1.82) is 0 Å². The number of carbonyl (C=O) groups is 2. The van der Waals surface area contributed by atoms with E-state index in [-0.39, 0.29) is 12.5 Å². The topological polar surface area (TPSA) is 70.5 Å². The molecule has 5 nitrogen and oxygen atoms in total. The van der Waals surface area contributed by atoms with Crippen molar-refractivity contribution in [3.8, 4) is 11.8 Å². The average molecular weight is 326 g/mol. The smallest absolute Gasteiger partial charge is 0.308 e. The first kappa shape index (κ1) is 15.3. The molecule has 0 bridgehead atoms. The number of thiazole rings is 1. The highest BCUT2D eigenvalue weighted by molar-refractivity contribution is 7.14. The van der Waals surface area contributed by atoms with Crippen LogP contribution in [0.25, 0.3) is 0 Å². The number of aliphatic carboxylic acids is 1. The van der Waals surface area contributed by atoms with E-state index in [0.717, 1.165) is 5.56 Å². The molecule has 2 aromatic rings. The van der Waals surface area contributed by atoms with E-state index in [2.05, 4.69) is 16.8 Å². The minimum Gasteiger partial charge on any atom is -0.481 e. The van der Waals surface area contributed by atoms with Crippen LogP contribution in [0.3, 0.4) is 0 Å². The molecular weight excluding hydrogens is 312 g/mol. The third-order valence-corrected chi connectivity index (χ3v) is 4.53. The van der Waals surface area contributed by atoms with Gasteiger partial charge in [-0.1, -0.05) is 24.1 Å². The van der Waals surface area contributed by atoms with Crippen LogP contribution < -0.4 is 0 Å². The summed E-state index contributed by atoms with van der Waals surface area (Å²) in [6.45, 7) is 0.732. The fourth-order valence-corrected chi connectivity index (χ4v) is 3.12. The molecule has 1 saturated heterocycles. The number of nitrogens with zero attached hydrogens (tertiary/aromatic N) is 2. The van der Waals surface area contributed by atoms with E-state index < -0.39 is 11.9 Å². The molecule has 1 aliphatic heterocycles. The van der Waals surface area contributed by atoms with Gasteiger partial charge in [-0.2, -0.15) is 0 Å². The number of aromatic nitrogens is 1. The molecule has 0 radical (unpaired) electrons. The first-order valence-electron chi connectivity index (χ1n) is 7.18. The van der Waals surface area contributed by atoms with Gasteiger partial charge >= 0.3 is 5.97 Å². The number of hydrogen-bond donors (Lipinski definition) is 1. The highest BCUT2D eigenvalue weighted by atomic mass is 32.1. The highest BCUT2D eigenvalue weighted by Gasteiger charge is 2.31. The molecule has 1 fully saturated rings. The standard InChI is InChI=1S/C17H14N2O3S/c20-16(19-9-8-13(11-19)17(21)22)14-10-18-15(23-14)7-6-12-4-2-1-3-5-12/h1-5,10,13H,8-9,11H2,(H,21,22). The quantitative estimate of drug-likeness (QED) is 0.858. The second kappa shape index (κ2) is 6.63. The number of rotatable bonds is 2. The number of likely N-dealkylation sites (tertiary alicyclic amines) is 1. The first-order valence-corrected chi connectivity index (χ1v) is 8.00. The Labute approximate surface area is 137 Å². The van der Waals surface area contributed by atoms with Gasteiger partial charge in [0.25, 0.3) is 5.91 Å². The summed E-state index contributed by atoms with van der Waals surface area (Å²) in [5.74, 6) is 4.46. The minimum absolute atomic E-state index is 0.168. The molecule has 1 unspecified atom stereocenters. The van der Waals surface area contributed by atoms with Gasteiger partial charge in [-0.25, -0.2) is 4.98 Å². The molecular formula is C17H14N2O3S. The van der Waals surface area contributed by atoms with Gasteiger partial charge in [-0.3, -0.25) is 9.59 Å². The van der Waals surface area contributed by atoms with Crippen molar-refractivity contribution in [2.24, 2.45) is 5.92 Å². The van der Waals surface area contributed by atoms with E-state index in [0.29, 0.717) is 22.9 Å². The van der Waals surface area contributed by atoms with Crippen LogP contribution in [-0.4, -0.2) is 40.0 Å². The van der Waals surface area contributed by atoms with Gasteiger partial charge in [-0.05, 0) is 24.5 Å².